The number of hydrogen-bond acceptors (Lipinski definition) is 1. The van der Waals surface area contributed by atoms with Gasteiger partial charge in [0.1, 0.15) is 0 Å². The summed E-state index contributed by atoms with van der Waals surface area (Å²) < 4.78 is 0. The van der Waals surface area contributed by atoms with Crippen LogP contribution in [0.2, 0.25) is 0 Å². The van der Waals surface area contributed by atoms with E-state index < -0.39 is 0 Å². The van der Waals surface area contributed by atoms with Gasteiger partial charge in [-0.05, 0) is 5.92 Å². The van der Waals surface area contributed by atoms with Crippen molar-refractivity contribution in [2.24, 2.45) is 5.92 Å². The molecular formula is C4H20O6V. The zero-order valence-electron chi connectivity index (χ0n) is 6.68. The molecule has 0 aromatic rings. The summed E-state index contributed by atoms with van der Waals surface area (Å²) in [5.41, 5.74) is 0. The van der Waals surface area contributed by atoms with Crippen molar-refractivity contribution in [3.05, 3.63) is 0 Å². The van der Waals surface area contributed by atoms with E-state index in [1.165, 1.54) is 0 Å². The fraction of sp³-hybridized carbons (Fsp3) is 1.00. The maximum Gasteiger partial charge on any atom is 0.0453 e. The zero-order valence-corrected chi connectivity index (χ0v) is 8.08. The Kier molecular flexibility index (Phi) is 280. The van der Waals surface area contributed by atoms with Gasteiger partial charge in [0.15, 0.2) is 0 Å². The van der Waals surface area contributed by atoms with E-state index in [0.717, 1.165) is 0 Å². The molecule has 0 amide bonds. The van der Waals surface area contributed by atoms with E-state index in [1.54, 1.807) is 0 Å². The van der Waals surface area contributed by atoms with Crippen LogP contribution in [0.25, 0.3) is 0 Å². The van der Waals surface area contributed by atoms with Crippen LogP contribution in [0, 0.1) is 5.92 Å². The molecule has 0 saturated heterocycles. The number of aliphatic hydroxyl groups is 1. The van der Waals surface area contributed by atoms with Crippen LogP contribution < -0.4 is 0 Å². The quantitative estimate of drug-likeness (QED) is 0.469. The summed E-state index contributed by atoms with van der Waals surface area (Å²) in [7, 11) is 0. The van der Waals surface area contributed by atoms with Gasteiger partial charge in [0.05, 0.1) is 0 Å². The molecule has 6 nitrogen and oxygen atoms in total. The normalized spacial score (nSPS) is 4.36. The molecule has 0 aliphatic carbocycles. The summed E-state index contributed by atoms with van der Waals surface area (Å²) >= 11 is 0. The molecule has 0 aliphatic rings. The molecule has 0 atom stereocenters. The van der Waals surface area contributed by atoms with Crippen molar-refractivity contribution in [1.82, 2.24) is 0 Å². The van der Waals surface area contributed by atoms with Gasteiger partial charge in [-0.25, -0.2) is 0 Å². The maximum atomic E-state index is 8.14. The van der Waals surface area contributed by atoms with Gasteiger partial charge in [-0.1, -0.05) is 13.8 Å². The smallest absolute Gasteiger partial charge is 0.0453 e. The van der Waals surface area contributed by atoms with E-state index in [-0.39, 0.29) is 45.9 Å². The SMILES string of the molecule is CC(C)CO.O.O.O.O.O.[V]. The summed E-state index contributed by atoms with van der Waals surface area (Å²) in [6.07, 6.45) is 0. The van der Waals surface area contributed by atoms with Gasteiger partial charge in [0, 0.05) is 25.2 Å². The first-order valence-electron chi connectivity index (χ1n) is 1.88. The van der Waals surface area contributed by atoms with Crippen LogP contribution in [0.3, 0.4) is 0 Å². The van der Waals surface area contributed by atoms with E-state index in [1.807, 2.05) is 13.8 Å². The standard InChI is InChI=1S/C4H10O.5H2O.V/c1-4(2)3-5;;;;;;/h4-5H,3H2,1-2H3;5*1H2;. The molecule has 1 radical (unpaired) electrons. The Morgan fingerprint density at radius 2 is 1.00 bits per heavy atom. The van der Waals surface area contributed by atoms with E-state index >= 15 is 0 Å². The van der Waals surface area contributed by atoms with Crippen molar-refractivity contribution in [2.45, 2.75) is 13.8 Å². The summed E-state index contributed by atoms with van der Waals surface area (Å²) in [6.45, 7) is 4.25. The molecule has 0 aromatic carbocycles. The molecule has 0 heterocycles. The van der Waals surface area contributed by atoms with E-state index in [4.69, 9.17) is 5.11 Å². The molecule has 11 heavy (non-hydrogen) atoms. The van der Waals surface area contributed by atoms with Crippen LogP contribution in [0.15, 0.2) is 0 Å². The maximum absolute atomic E-state index is 8.14. The van der Waals surface area contributed by atoms with E-state index in [9.17, 15) is 0 Å². The summed E-state index contributed by atoms with van der Waals surface area (Å²) in [4.78, 5) is 0. The van der Waals surface area contributed by atoms with Gasteiger partial charge in [-0.15, -0.1) is 0 Å². The van der Waals surface area contributed by atoms with Gasteiger partial charge in [0.25, 0.3) is 0 Å². The van der Waals surface area contributed by atoms with Crippen molar-refractivity contribution >= 4 is 0 Å². The van der Waals surface area contributed by atoms with Gasteiger partial charge in [-0.3, -0.25) is 0 Å². The van der Waals surface area contributed by atoms with Crippen LogP contribution >= 0.6 is 0 Å². The van der Waals surface area contributed by atoms with E-state index in [0.29, 0.717) is 12.5 Å². The minimum Gasteiger partial charge on any atom is -0.412 e. The topological polar surface area (TPSA) is 178 Å². The molecule has 0 fully saturated rings. The number of aliphatic hydroxyl groups excluding tert-OH is 1. The average molecular weight is 215 g/mol. The predicted octanol–water partition coefficient (Wildman–Crippen LogP) is -3.49. The monoisotopic (exact) mass is 215 g/mol. The molecule has 7 heteroatoms. The second-order valence-electron chi connectivity index (χ2n) is 1.58. The van der Waals surface area contributed by atoms with Crippen molar-refractivity contribution in [1.29, 1.82) is 0 Å². The Balaban J connectivity index is -0.00000000533. The predicted molar refractivity (Wildman–Crippen MR) is 40.0 cm³/mol. The molecular weight excluding hydrogens is 195 g/mol. The van der Waals surface area contributed by atoms with Crippen LogP contribution in [0.4, 0.5) is 0 Å². The van der Waals surface area contributed by atoms with Gasteiger partial charge < -0.3 is 32.5 Å². The van der Waals surface area contributed by atoms with Crippen LogP contribution in [-0.4, -0.2) is 39.1 Å². The minimum atomic E-state index is 0. The fourth-order valence-corrected chi connectivity index (χ4v) is 0. The zero-order chi connectivity index (χ0) is 4.28. The second kappa shape index (κ2) is 47.9. The molecule has 0 spiro atoms. The second-order valence-corrected chi connectivity index (χ2v) is 1.58. The number of rotatable bonds is 1. The Morgan fingerprint density at radius 1 is 0.909 bits per heavy atom. The number of hydrogen-bond donors (Lipinski definition) is 1. The molecule has 0 aliphatic heterocycles. The molecule has 77 valence electrons. The van der Waals surface area contributed by atoms with Gasteiger partial charge in [0.2, 0.25) is 0 Å². The fourth-order valence-electron chi connectivity index (χ4n) is 0. The largest absolute Gasteiger partial charge is 0.412 e. The minimum absolute atomic E-state index is 0. The molecule has 0 aromatic heterocycles. The Bertz CT molecular complexity index is 28.5. The Labute approximate surface area is 78.0 Å². The third kappa shape index (κ3) is 131. The summed E-state index contributed by atoms with van der Waals surface area (Å²) in [5.74, 6) is 0.440. The third-order valence-corrected chi connectivity index (χ3v) is 0.365. The van der Waals surface area contributed by atoms with Gasteiger partial charge in [-0.2, -0.15) is 0 Å². The van der Waals surface area contributed by atoms with Crippen LogP contribution in [-0.2, 0) is 18.6 Å². The molecule has 0 saturated carbocycles. The molecule has 0 rings (SSSR count). The average Bonchev–Trinajstić information content (AvgIpc) is 1.38. The van der Waals surface area contributed by atoms with E-state index in [2.05, 4.69) is 0 Å². The van der Waals surface area contributed by atoms with Crippen LogP contribution in [0.1, 0.15) is 13.8 Å². The van der Waals surface area contributed by atoms with Crippen molar-refractivity contribution in [3.8, 4) is 0 Å². The molecule has 0 bridgehead atoms. The summed E-state index contributed by atoms with van der Waals surface area (Å²) in [5, 5.41) is 8.14. The first-order chi connectivity index (χ1) is 2.27. The first-order valence-corrected chi connectivity index (χ1v) is 1.88. The third-order valence-electron chi connectivity index (χ3n) is 0.365. The first kappa shape index (κ1) is 64.3. The van der Waals surface area contributed by atoms with Crippen molar-refractivity contribution in [2.75, 3.05) is 6.61 Å². The summed E-state index contributed by atoms with van der Waals surface area (Å²) in [6, 6.07) is 0. The van der Waals surface area contributed by atoms with Crippen molar-refractivity contribution < 1.29 is 51.0 Å². The molecule has 0 unspecified atom stereocenters. The van der Waals surface area contributed by atoms with Crippen LogP contribution in [0.5, 0.6) is 0 Å². The Morgan fingerprint density at radius 3 is 1.00 bits per heavy atom. The van der Waals surface area contributed by atoms with Gasteiger partial charge >= 0.3 is 0 Å². The Hall–Kier alpha value is 0.344. The molecule has 11 N–H and O–H groups in total. The van der Waals surface area contributed by atoms with Crippen molar-refractivity contribution in [3.63, 3.8) is 0 Å².